The number of hydrogen-bond acceptors (Lipinski definition) is 3. The predicted octanol–water partition coefficient (Wildman–Crippen LogP) is 1.30. The number of hydrogen-bond donors (Lipinski definition) is 1. The van der Waals surface area contributed by atoms with Crippen molar-refractivity contribution in [1.29, 1.82) is 0 Å². The zero-order valence-corrected chi connectivity index (χ0v) is 10.6. The van der Waals surface area contributed by atoms with Crippen LogP contribution in [0.5, 0.6) is 0 Å². The standard InChI is InChI=1S/C12H22N2O2/c1-5-8(3)13-10-7-11(15)14(12(10)16)9(4)6-2/h8-10,13H,5-7H2,1-4H3. The van der Waals surface area contributed by atoms with Crippen LogP contribution in [0.1, 0.15) is 47.0 Å². The molecule has 1 N–H and O–H groups in total. The van der Waals surface area contributed by atoms with Gasteiger partial charge in [0.1, 0.15) is 0 Å². The summed E-state index contributed by atoms with van der Waals surface area (Å²) < 4.78 is 0. The van der Waals surface area contributed by atoms with Crippen molar-refractivity contribution in [3.63, 3.8) is 0 Å². The minimum Gasteiger partial charge on any atom is -0.303 e. The summed E-state index contributed by atoms with van der Waals surface area (Å²) in [5.41, 5.74) is 0. The second-order valence-electron chi connectivity index (χ2n) is 4.59. The molecule has 92 valence electrons. The molecule has 2 amide bonds. The van der Waals surface area contributed by atoms with Gasteiger partial charge in [0.25, 0.3) is 0 Å². The lowest BCUT2D eigenvalue weighted by Crippen LogP contribution is -2.45. The second kappa shape index (κ2) is 5.43. The Kier molecular flexibility index (Phi) is 4.47. The molecule has 1 aliphatic heterocycles. The maximum atomic E-state index is 12.0. The van der Waals surface area contributed by atoms with Crippen molar-refractivity contribution in [2.75, 3.05) is 0 Å². The minimum absolute atomic E-state index is 0.0173. The first-order valence-corrected chi connectivity index (χ1v) is 6.13. The summed E-state index contributed by atoms with van der Waals surface area (Å²) in [5.74, 6) is -0.0974. The van der Waals surface area contributed by atoms with E-state index in [1.807, 2.05) is 20.8 Å². The molecule has 0 aromatic carbocycles. The van der Waals surface area contributed by atoms with Crippen molar-refractivity contribution in [2.24, 2.45) is 0 Å². The molecule has 4 nitrogen and oxygen atoms in total. The highest BCUT2D eigenvalue weighted by Gasteiger charge is 2.40. The van der Waals surface area contributed by atoms with Crippen molar-refractivity contribution >= 4 is 11.8 Å². The van der Waals surface area contributed by atoms with Crippen molar-refractivity contribution in [3.8, 4) is 0 Å². The molecule has 1 rings (SSSR count). The molecule has 1 fully saturated rings. The number of carbonyl (C=O) groups excluding carboxylic acids is 2. The first-order chi connectivity index (χ1) is 7.51. The summed E-state index contributed by atoms with van der Waals surface area (Å²) in [4.78, 5) is 25.2. The van der Waals surface area contributed by atoms with Crippen LogP contribution in [-0.4, -0.2) is 34.8 Å². The maximum Gasteiger partial charge on any atom is 0.247 e. The number of nitrogens with zero attached hydrogens (tertiary/aromatic N) is 1. The van der Waals surface area contributed by atoms with Crippen LogP contribution < -0.4 is 5.32 Å². The van der Waals surface area contributed by atoms with E-state index in [1.165, 1.54) is 4.90 Å². The fourth-order valence-corrected chi connectivity index (χ4v) is 1.89. The third-order valence-electron chi connectivity index (χ3n) is 3.31. The molecule has 1 aliphatic rings. The predicted molar refractivity (Wildman–Crippen MR) is 62.9 cm³/mol. The van der Waals surface area contributed by atoms with Crippen molar-refractivity contribution in [2.45, 2.75) is 65.1 Å². The first-order valence-electron chi connectivity index (χ1n) is 6.13. The lowest BCUT2D eigenvalue weighted by molar-refractivity contribution is -0.141. The van der Waals surface area contributed by atoms with E-state index in [4.69, 9.17) is 0 Å². The third kappa shape index (κ3) is 2.61. The Balaban J connectivity index is 2.67. The molecule has 1 heterocycles. The van der Waals surface area contributed by atoms with Gasteiger partial charge in [0, 0.05) is 12.1 Å². The van der Waals surface area contributed by atoms with Crippen LogP contribution >= 0.6 is 0 Å². The highest BCUT2D eigenvalue weighted by atomic mass is 16.2. The smallest absolute Gasteiger partial charge is 0.247 e. The number of amides is 2. The van der Waals surface area contributed by atoms with Gasteiger partial charge in [-0.05, 0) is 26.7 Å². The fraction of sp³-hybridized carbons (Fsp3) is 0.833. The van der Waals surface area contributed by atoms with Crippen molar-refractivity contribution < 1.29 is 9.59 Å². The van der Waals surface area contributed by atoms with Crippen LogP contribution in [0, 0.1) is 0 Å². The van der Waals surface area contributed by atoms with Gasteiger partial charge in [0.2, 0.25) is 11.8 Å². The quantitative estimate of drug-likeness (QED) is 0.719. The van der Waals surface area contributed by atoms with Gasteiger partial charge in [-0.1, -0.05) is 13.8 Å². The molecule has 0 bridgehead atoms. The average molecular weight is 226 g/mol. The Morgan fingerprint density at radius 2 is 1.94 bits per heavy atom. The highest BCUT2D eigenvalue weighted by Crippen LogP contribution is 2.18. The molecule has 0 spiro atoms. The van der Waals surface area contributed by atoms with Gasteiger partial charge < -0.3 is 5.32 Å². The van der Waals surface area contributed by atoms with E-state index in [1.54, 1.807) is 0 Å². The molecule has 0 saturated carbocycles. The monoisotopic (exact) mass is 226 g/mol. The molecule has 1 saturated heterocycles. The summed E-state index contributed by atoms with van der Waals surface area (Å²) in [7, 11) is 0. The SMILES string of the molecule is CCC(C)NC1CC(=O)N(C(C)CC)C1=O. The van der Waals surface area contributed by atoms with Gasteiger partial charge in [0.15, 0.2) is 0 Å². The number of nitrogens with one attached hydrogen (secondary N) is 1. The van der Waals surface area contributed by atoms with Gasteiger partial charge in [-0.15, -0.1) is 0 Å². The Hall–Kier alpha value is -0.900. The van der Waals surface area contributed by atoms with Gasteiger partial charge in [-0.3, -0.25) is 14.5 Å². The summed E-state index contributed by atoms with van der Waals surface area (Å²) in [6.07, 6.45) is 2.09. The molecule has 3 unspecified atom stereocenters. The van der Waals surface area contributed by atoms with Crippen LogP contribution in [0.4, 0.5) is 0 Å². The normalized spacial score (nSPS) is 25.0. The zero-order chi connectivity index (χ0) is 12.3. The minimum atomic E-state index is -0.309. The van der Waals surface area contributed by atoms with E-state index >= 15 is 0 Å². The van der Waals surface area contributed by atoms with E-state index < -0.39 is 0 Å². The number of carbonyl (C=O) groups is 2. The molecule has 3 atom stereocenters. The third-order valence-corrected chi connectivity index (χ3v) is 3.31. The topological polar surface area (TPSA) is 49.4 Å². The Morgan fingerprint density at radius 1 is 1.31 bits per heavy atom. The van der Waals surface area contributed by atoms with Crippen LogP contribution in [-0.2, 0) is 9.59 Å². The molecule has 16 heavy (non-hydrogen) atoms. The van der Waals surface area contributed by atoms with Crippen molar-refractivity contribution in [3.05, 3.63) is 0 Å². The number of rotatable bonds is 5. The molecule has 0 aromatic heterocycles. The molecule has 4 heteroatoms. The highest BCUT2D eigenvalue weighted by molar-refractivity contribution is 6.05. The summed E-state index contributed by atoms with van der Waals surface area (Å²) in [5, 5.41) is 3.21. The van der Waals surface area contributed by atoms with Crippen LogP contribution in [0.2, 0.25) is 0 Å². The molecule has 0 aromatic rings. The van der Waals surface area contributed by atoms with E-state index in [0.717, 1.165) is 12.8 Å². The molecular weight excluding hydrogens is 204 g/mol. The van der Waals surface area contributed by atoms with E-state index in [0.29, 0.717) is 6.42 Å². The van der Waals surface area contributed by atoms with E-state index in [2.05, 4.69) is 12.2 Å². The van der Waals surface area contributed by atoms with Crippen LogP contribution in [0.3, 0.4) is 0 Å². The van der Waals surface area contributed by atoms with Gasteiger partial charge >= 0.3 is 0 Å². The zero-order valence-electron chi connectivity index (χ0n) is 10.6. The van der Waals surface area contributed by atoms with Gasteiger partial charge in [-0.2, -0.15) is 0 Å². The van der Waals surface area contributed by atoms with Gasteiger partial charge in [0.05, 0.1) is 12.5 Å². The maximum absolute atomic E-state index is 12.0. The summed E-state index contributed by atoms with van der Waals surface area (Å²) >= 11 is 0. The van der Waals surface area contributed by atoms with Crippen molar-refractivity contribution in [1.82, 2.24) is 10.2 Å². The Bertz CT molecular complexity index is 278. The van der Waals surface area contributed by atoms with Gasteiger partial charge in [-0.25, -0.2) is 0 Å². The molecular formula is C12H22N2O2. The molecule has 0 radical (unpaired) electrons. The summed E-state index contributed by atoms with van der Waals surface area (Å²) in [6.45, 7) is 8.00. The summed E-state index contributed by atoms with van der Waals surface area (Å²) in [6, 6.07) is -0.0150. The van der Waals surface area contributed by atoms with Crippen LogP contribution in [0.15, 0.2) is 0 Å². The van der Waals surface area contributed by atoms with Crippen LogP contribution in [0.25, 0.3) is 0 Å². The molecule has 0 aliphatic carbocycles. The Morgan fingerprint density at radius 3 is 2.44 bits per heavy atom. The lowest BCUT2D eigenvalue weighted by atomic mass is 10.2. The fourth-order valence-electron chi connectivity index (χ4n) is 1.89. The largest absolute Gasteiger partial charge is 0.303 e. The lowest BCUT2D eigenvalue weighted by Gasteiger charge is -2.22. The first kappa shape index (κ1) is 13.2. The Labute approximate surface area is 97.4 Å². The van der Waals surface area contributed by atoms with E-state index in [9.17, 15) is 9.59 Å². The van der Waals surface area contributed by atoms with E-state index in [-0.39, 0.29) is 29.9 Å². The number of imide groups is 1. The average Bonchev–Trinajstić information content (AvgIpc) is 2.53. The second-order valence-corrected chi connectivity index (χ2v) is 4.59. The number of likely N-dealkylation sites (tertiary alicyclic amines) is 1.